The number of aromatic nitrogens is 1. The number of hydrogen-bond acceptors (Lipinski definition) is 4. The van der Waals surface area contributed by atoms with E-state index < -0.39 is 11.8 Å². The quantitative estimate of drug-likeness (QED) is 0.846. The molecule has 0 aliphatic rings. The second-order valence-corrected chi connectivity index (χ2v) is 5.34. The minimum absolute atomic E-state index is 0.310. The molecule has 0 saturated heterocycles. The van der Waals surface area contributed by atoms with Crippen LogP contribution in [0.3, 0.4) is 0 Å². The molecule has 120 valence electrons. The molecule has 23 heavy (non-hydrogen) atoms. The molecule has 0 aliphatic carbocycles. The third-order valence-electron chi connectivity index (χ3n) is 3.09. The molecule has 2 aromatic rings. The normalized spacial score (nSPS) is 10.1. The number of hydrogen-bond donors (Lipinski definition) is 2. The SMILES string of the molecule is COc1cc(Cl)c(C)cc1NC(=O)C(=O)Nc1cc(C)ccn1. The molecule has 7 heteroatoms. The predicted molar refractivity (Wildman–Crippen MR) is 89.0 cm³/mol. The van der Waals surface area contributed by atoms with Crippen LogP contribution in [0.4, 0.5) is 11.5 Å². The number of carbonyl (C=O) groups is 2. The van der Waals surface area contributed by atoms with E-state index in [9.17, 15) is 9.59 Å². The molecule has 1 heterocycles. The fourth-order valence-corrected chi connectivity index (χ4v) is 2.04. The number of aryl methyl sites for hydroxylation is 2. The van der Waals surface area contributed by atoms with Crippen LogP contribution in [0.1, 0.15) is 11.1 Å². The Morgan fingerprint density at radius 1 is 1.13 bits per heavy atom. The van der Waals surface area contributed by atoms with Gasteiger partial charge in [-0.2, -0.15) is 0 Å². The number of nitrogens with zero attached hydrogens (tertiary/aromatic N) is 1. The van der Waals surface area contributed by atoms with Gasteiger partial charge in [0.2, 0.25) is 0 Å². The lowest BCUT2D eigenvalue weighted by Crippen LogP contribution is -2.29. The van der Waals surface area contributed by atoms with Crippen molar-refractivity contribution in [2.24, 2.45) is 0 Å². The monoisotopic (exact) mass is 333 g/mol. The Labute approximate surface area is 138 Å². The number of nitrogens with one attached hydrogen (secondary N) is 2. The molecule has 6 nitrogen and oxygen atoms in total. The second kappa shape index (κ2) is 7.11. The van der Waals surface area contributed by atoms with Crippen molar-refractivity contribution in [2.75, 3.05) is 17.7 Å². The zero-order chi connectivity index (χ0) is 17.0. The van der Waals surface area contributed by atoms with Gasteiger partial charge in [0.15, 0.2) is 0 Å². The van der Waals surface area contributed by atoms with E-state index in [2.05, 4.69) is 15.6 Å². The molecule has 0 bridgehead atoms. The predicted octanol–water partition coefficient (Wildman–Crippen LogP) is 2.94. The van der Waals surface area contributed by atoms with Gasteiger partial charge in [0.25, 0.3) is 0 Å². The maximum absolute atomic E-state index is 12.0. The first-order valence-electron chi connectivity index (χ1n) is 6.80. The molecule has 2 amide bonds. The Morgan fingerprint density at radius 3 is 2.48 bits per heavy atom. The zero-order valence-electron chi connectivity index (χ0n) is 12.9. The van der Waals surface area contributed by atoms with Gasteiger partial charge in [-0.15, -0.1) is 0 Å². The van der Waals surface area contributed by atoms with E-state index in [0.29, 0.717) is 22.3 Å². The summed E-state index contributed by atoms with van der Waals surface area (Å²) in [5.41, 5.74) is 2.04. The Kier molecular flexibility index (Phi) is 5.18. The highest BCUT2D eigenvalue weighted by molar-refractivity contribution is 6.43. The van der Waals surface area contributed by atoms with Crippen molar-refractivity contribution in [3.05, 3.63) is 46.6 Å². The van der Waals surface area contributed by atoms with Gasteiger partial charge in [-0.3, -0.25) is 9.59 Å². The topological polar surface area (TPSA) is 80.3 Å². The average Bonchev–Trinajstić information content (AvgIpc) is 2.50. The third-order valence-corrected chi connectivity index (χ3v) is 3.50. The number of halogens is 1. The molecule has 0 spiro atoms. The lowest BCUT2D eigenvalue weighted by atomic mass is 10.2. The lowest BCUT2D eigenvalue weighted by molar-refractivity contribution is -0.133. The number of methoxy groups -OCH3 is 1. The summed E-state index contributed by atoms with van der Waals surface area (Å²) >= 11 is 6.01. The van der Waals surface area contributed by atoms with E-state index in [4.69, 9.17) is 16.3 Å². The van der Waals surface area contributed by atoms with Crippen molar-refractivity contribution < 1.29 is 14.3 Å². The molecule has 0 saturated carbocycles. The van der Waals surface area contributed by atoms with Crippen molar-refractivity contribution in [1.82, 2.24) is 4.98 Å². The van der Waals surface area contributed by atoms with Gasteiger partial charge in [-0.25, -0.2) is 4.98 Å². The summed E-state index contributed by atoms with van der Waals surface area (Å²) in [7, 11) is 1.45. The van der Waals surface area contributed by atoms with Crippen molar-refractivity contribution >= 4 is 34.9 Å². The average molecular weight is 334 g/mol. The van der Waals surface area contributed by atoms with E-state index in [1.54, 1.807) is 37.4 Å². The molecule has 0 aliphatic heterocycles. The first-order chi connectivity index (χ1) is 10.9. The van der Waals surface area contributed by atoms with Crippen LogP contribution in [0, 0.1) is 13.8 Å². The molecular formula is C16H16ClN3O3. The van der Waals surface area contributed by atoms with E-state index in [1.165, 1.54) is 7.11 Å². The maximum Gasteiger partial charge on any atom is 0.315 e. The van der Waals surface area contributed by atoms with Crippen LogP contribution in [0.15, 0.2) is 30.5 Å². The summed E-state index contributed by atoms with van der Waals surface area (Å²) in [5.74, 6) is -0.967. The molecule has 0 radical (unpaired) electrons. The highest BCUT2D eigenvalue weighted by Gasteiger charge is 2.17. The molecule has 1 aromatic heterocycles. The highest BCUT2D eigenvalue weighted by Crippen LogP contribution is 2.30. The summed E-state index contributed by atoms with van der Waals surface area (Å²) < 4.78 is 5.15. The number of anilines is 2. The molecule has 0 fully saturated rings. The maximum atomic E-state index is 12.0. The first-order valence-corrected chi connectivity index (χ1v) is 7.17. The summed E-state index contributed by atoms with van der Waals surface area (Å²) in [6, 6.07) is 6.67. The fourth-order valence-electron chi connectivity index (χ4n) is 1.89. The van der Waals surface area contributed by atoms with E-state index in [1.807, 2.05) is 6.92 Å². The first kappa shape index (κ1) is 16.8. The minimum atomic E-state index is -0.826. The van der Waals surface area contributed by atoms with E-state index in [0.717, 1.165) is 11.1 Å². The van der Waals surface area contributed by atoms with Crippen LogP contribution in [0.5, 0.6) is 5.75 Å². The number of rotatable bonds is 3. The van der Waals surface area contributed by atoms with Gasteiger partial charge in [-0.05, 0) is 43.2 Å². The van der Waals surface area contributed by atoms with Gasteiger partial charge in [-0.1, -0.05) is 11.6 Å². The van der Waals surface area contributed by atoms with Crippen LogP contribution < -0.4 is 15.4 Å². The lowest BCUT2D eigenvalue weighted by Gasteiger charge is -2.12. The van der Waals surface area contributed by atoms with Gasteiger partial charge >= 0.3 is 11.8 Å². The van der Waals surface area contributed by atoms with Crippen molar-refractivity contribution in [2.45, 2.75) is 13.8 Å². The summed E-state index contributed by atoms with van der Waals surface area (Å²) in [5, 5.41) is 5.45. The molecule has 1 aromatic carbocycles. The number of carbonyl (C=O) groups excluding carboxylic acids is 2. The molecule has 0 atom stereocenters. The summed E-state index contributed by atoms with van der Waals surface area (Å²) in [6.45, 7) is 3.65. The van der Waals surface area contributed by atoms with Crippen molar-refractivity contribution in [1.29, 1.82) is 0 Å². The van der Waals surface area contributed by atoms with Crippen LogP contribution in [-0.4, -0.2) is 23.9 Å². The zero-order valence-corrected chi connectivity index (χ0v) is 13.7. The Balaban J connectivity index is 2.12. The largest absolute Gasteiger partial charge is 0.495 e. The molecular weight excluding hydrogens is 318 g/mol. The van der Waals surface area contributed by atoms with Gasteiger partial charge in [0.05, 0.1) is 12.8 Å². The van der Waals surface area contributed by atoms with E-state index >= 15 is 0 Å². The number of ether oxygens (including phenoxy) is 1. The molecule has 2 N–H and O–H groups in total. The number of pyridine rings is 1. The smallest absolute Gasteiger partial charge is 0.315 e. The van der Waals surface area contributed by atoms with Crippen LogP contribution in [-0.2, 0) is 9.59 Å². The fraction of sp³-hybridized carbons (Fsp3) is 0.188. The summed E-state index contributed by atoms with van der Waals surface area (Å²) in [4.78, 5) is 28.0. The van der Waals surface area contributed by atoms with Crippen molar-refractivity contribution in [3.63, 3.8) is 0 Å². The van der Waals surface area contributed by atoms with Crippen LogP contribution >= 0.6 is 11.6 Å². The van der Waals surface area contributed by atoms with Gasteiger partial charge in [0, 0.05) is 17.3 Å². The van der Waals surface area contributed by atoms with Gasteiger partial charge in [0.1, 0.15) is 11.6 Å². The Morgan fingerprint density at radius 2 is 1.83 bits per heavy atom. The highest BCUT2D eigenvalue weighted by atomic mass is 35.5. The molecule has 2 rings (SSSR count). The Bertz CT molecular complexity index is 762. The number of amides is 2. The molecule has 0 unspecified atom stereocenters. The minimum Gasteiger partial charge on any atom is -0.495 e. The Hall–Kier alpha value is -2.60. The van der Waals surface area contributed by atoms with Crippen LogP contribution in [0.2, 0.25) is 5.02 Å². The second-order valence-electron chi connectivity index (χ2n) is 4.93. The third kappa shape index (κ3) is 4.20. The van der Waals surface area contributed by atoms with Crippen molar-refractivity contribution in [3.8, 4) is 5.75 Å². The van der Waals surface area contributed by atoms with Crippen LogP contribution in [0.25, 0.3) is 0 Å². The van der Waals surface area contributed by atoms with E-state index in [-0.39, 0.29) is 0 Å². The standard InChI is InChI=1S/C16H16ClN3O3/c1-9-4-5-18-14(6-9)20-16(22)15(21)19-12-7-10(2)11(17)8-13(12)23-3/h4-8H,1-3H3,(H,19,21)(H,18,20,22). The summed E-state index contributed by atoms with van der Waals surface area (Å²) in [6.07, 6.45) is 1.55. The van der Waals surface area contributed by atoms with Gasteiger partial charge < -0.3 is 15.4 Å². The number of benzene rings is 1.